The summed E-state index contributed by atoms with van der Waals surface area (Å²) in [5.74, 6) is 0.241. The Morgan fingerprint density at radius 3 is 2.87 bits per heavy atom. The van der Waals surface area contributed by atoms with E-state index in [0.29, 0.717) is 26.1 Å². The molecule has 0 aromatic carbocycles. The lowest BCUT2D eigenvalue weighted by molar-refractivity contribution is -0.143. The number of hydrogen-bond donors (Lipinski definition) is 1. The molecule has 1 saturated heterocycles. The number of hydrogen-bond acceptors (Lipinski definition) is 3. The van der Waals surface area contributed by atoms with Gasteiger partial charge in [-0.2, -0.15) is 0 Å². The van der Waals surface area contributed by atoms with Gasteiger partial charge in [0.05, 0.1) is 12.2 Å². The second-order valence-electron chi connectivity index (χ2n) is 4.21. The first-order chi connectivity index (χ1) is 7.17. The van der Waals surface area contributed by atoms with E-state index in [1.54, 1.807) is 0 Å². The summed E-state index contributed by atoms with van der Waals surface area (Å²) in [6.07, 6.45) is 2.81. The van der Waals surface area contributed by atoms with E-state index in [-0.39, 0.29) is 18.1 Å². The molecule has 1 fully saturated rings. The average molecular weight is 214 g/mol. The Kier molecular flexibility index (Phi) is 5.05. The van der Waals surface area contributed by atoms with Crippen molar-refractivity contribution in [1.29, 1.82) is 0 Å². The Balaban J connectivity index is 2.42. The lowest BCUT2D eigenvalue weighted by atomic mass is 10.1. The van der Waals surface area contributed by atoms with Crippen LogP contribution in [-0.2, 0) is 9.53 Å². The third-order valence-electron chi connectivity index (χ3n) is 2.69. The second kappa shape index (κ2) is 6.08. The fourth-order valence-electron chi connectivity index (χ4n) is 1.87. The standard InChI is InChI=1S/C11H22N2O2/c1-3-4-5-11(14)13-7-9(2)15-10(6-12)8-13/h9-10H,3-8,12H2,1-2H3. The first-order valence-corrected chi connectivity index (χ1v) is 5.80. The van der Waals surface area contributed by atoms with Crippen LogP contribution in [0.5, 0.6) is 0 Å². The van der Waals surface area contributed by atoms with Crippen LogP contribution in [0.1, 0.15) is 33.1 Å². The molecule has 2 N–H and O–H groups in total. The lowest BCUT2D eigenvalue weighted by Gasteiger charge is -2.36. The van der Waals surface area contributed by atoms with E-state index in [4.69, 9.17) is 10.5 Å². The van der Waals surface area contributed by atoms with Gasteiger partial charge in [-0.05, 0) is 13.3 Å². The van der Waals surface area contributed by atoms with Gasteiger partial charge in [0.1, 0.15) is 0 Å². The molecule has 0 spiro atoms. The van der Waals surface area contributed by atoms with Crippen LogP contribution in [-0.4, -0.2) is 42.6 Å². The van der Waals surface area contributed by atoms with Gasteiger partial charge in [0.2, 0.25) is 5.91 Å². The van der Waals surface area contributed by atoms with Gasteiger partial charge < -0.3 is 15.4 Å². The minimum Gasteiger partial charge on any atom is -0.370 e. The first-order valence-electron chi connectivity index (χ1n) is 5.80. The van der Waals surface area contributed by atoms with E-state index in [1.165, 1.54) is 0 Å². The molecule has 4 heteroatoms. The number of rotatable bonds is 4. The van der Waals surface area contributed by atoms with E-state index >= 15 is 0 Å². The van der Waals surface area contributed by atoms with Gasteiger partial charge in [-0.1, -0.05) is 13.3 Å². The van der Waals surface area contributed by atoms with Crippen molar-refractivity contribution < 1.29 is 9.53 Å². The maximum Gasteiger partial charge on any atom is 0.222 e. The molecular formula is C11H22N2O2. The van der Waals surface area contributed by atoms with Crippen molar-refractivity contribution in [2.24, 2.45) is 5.73 Å². The molecule has 1 heterocycles. The fourth-order valence-corrected chi connectivity index (χ4v) is 1.87. The molecule has 2 unspecified atom stereocenters. The smallest absolute Gasteiger partial charge is 0.222 e. The average Bonchev–Trinajstić information content (AvgIpc) is 2.24. The van der Waals surface area contributed by atoms with Crippen LogP contribution in [0.15, 0.2) is 0 Å². The van der Waals surface area contributed by atoms with Crippen LogP contribution in [0.4, 0.5) is 0 Å². The molecule has 1 aliphatic heterocycles. The van der Waals surface area contributed by atoms with Crippen molar-refractivity contribution in [3.05, 3.63) is 0 Å². The molecule has 88 valence electrons. The van der Waals surface area contributed by atoms with Gasteiger partial charge in [0.15, 0.2) is 0 Å². The summed E-state index contributed by atoms with van der Waals surface area (Å²) in [7, 11) is 0. The third-order valence-corrected chi connectivity index (χ3v) is 2.69. The monoisotopic (exact) mass is 214 g/mol. The Morgan fingerprint density at radius 2 is 2.27 bits per heavy atom. The molecular weight excluding hydrogens is 192 g/mol. The Morgan fingerprint density at radius 1 is 1.53 bits per heavy atom. The molecule has 1 rings (SSSR count). The quantitative estimate of drug-likeness (QED) is 0.751. The van der Waals surface area contributed by atoms with Crippen LogP contribution in [0.3, 0.4) is 0 Å². The third kappa shape index (κ3) is 3.80. The SMILES string of the molecule is CCCCC(=O)N1CC(C)OC(CN)C1. The van der Waals surface area contributed by atoms with Crippen molar-refractivity contribution in [3.8, 4) is 0 Å². The molecule has 15 heavy (non-hydrogen) atoms. The maximum absolute atomic E-state index is 11.8. The predicted octanol–water partition coefficient (Wildman–Crippen LogP) is 0.751. The van der Waals surface area contributed by atoms with E-state index in [0.717, 1.165) is 12.8 Å². The highest BCUT2D eigenvalue weighted by atomic mass is 16.5. The van der Waals surface area contributed by atoms with Gasteiger partial charge in [0, 0.05) is 26.1 Å². The predicted molar refractivity (Wildman–Crippen MR) is 59.5 cm³/mol. The minimum atomic E-state index is 0.0133. The number of nitrogens with zero attached hydrogens (tertiary/aromatic N) is 1. The van der Waals surface area contributed by atoms with E-state index in [1.807, 2.05) is 11.8 Å². The minimum absolute atomic E-state index is 0.0133. The number of carbonyl (C=O) groups is 1. The Bertz CT molecular complexity index is 209. The van der Waals surface area contributed by atoms with E-state index < -0.39 is 0 Å². The number of morpholine rings is 1. The summed E-state index contributed by atoms with van der Waals surface area (Å²) in [6, 6.07) is 0. The second-order valence-corrected chi connectivity index (χ2v) is 4.21. The van der Waals surface area contributed by atoms with Gasteiger partial charge in [-0.3, -0.25) is 4.79 Å². The van der Waals surface area contributed by atoms with E-state index in [9.17, 15) is 4.79 Å². The van der Waals surface area contributed by atoms with E-state index in [2.05, 4.69) is 6.92 Å². The van der Waals surface area contributed by atoms with Gasteiger partial charge >= 0.3 is 0 Å². The number of unbranched alkanes of at least 4 members (excludes halogenated alkanes) is 1. The molecule has 2 atom stereocenters. The number of nitrogens with two attached hydrogens (primary N) is 1. The molecule has 1 aliphatic rings. The zero-order valence-corrected chi connectivity index (χ0v) is 9.74. The summed E-state index contributed by atoms with van der Waals surface area (Å²) in [6.45, 7) is 5.93. The zero-order chi connectivity index (χ0) is 11.3. The van der Waals surface area contributed by atoms with Crippen molar-refractivity contribution in [2.75, 3.05) is 19.6 Å². The van der Waals surface area contributed by atoms with Crippen LogP contribution < -0.4 is 5.73 Å². The number of carbonyl (C=O) groups excluding carboxylic acids is 1. The van der Waals surface area contributed by atoms with Crippen molar-refractivity contribution in [3.63, 3.8) is 0 Å². The lowest BCUT2D eigenvalue weighted by Crippen LogP contribution is -2.51. The van der Waals surface area contributed by atoms with Crippen LogP contribution in [0.25, 0.3) is 0 Å². The van der Waals surface area contributed by atoms with Crippen LogP contribution >= 0.6 is 0 Å². The molecule has 4 nitrogen and oxygen atoms in total. The highest BCUT2D eigenvalue weighted by molar-refractivity contribution is 5.76. The molecule has 0 bridgehead atoms. The Hall–Kier alpha value is -0.610. The molecule has 1 amide bonds. The highest BCUT2D eigenvalue weighted by Gasteiger charge is 2.26. The normalized spacial score (nSPS) is 26.7. The molecule has 0 aromatic heterocycles. The largest absolute Gasteiger partial charge is 0.370 e. The molecule has 0 aliphatic carbocycles. The van der Waals surface area contributed by atoms with Crippen molar-refractivity contribution in [1.82, 2.24) is 4.90 Å². The molecule has 0 radical (unpaired) electrons. The van der Waals surface area contributed by atoms with Gasteiger partial charge in [-0.25, -0.2) is 0 Å². The van der Waals surface area contributed by atoms with Gasteiger partial charge in [-0.15, -0.1) is 0 Å². The zero-order valence-electron chi connectivity index (χ0n) is 9.74. The summed E-state index contributed by atoms with van der Waals surface area (Å²) in [5.41, 5.74) is 5.57. The van der Waals surface area contributed by atoms with Crippen LogP contribution in [0.2, 0.25) is 0 Å². The Labute approximate surface area is 91.8 Å². The summed E-state index contributed by atoms with van der Waals surface area (Å²) < 4.78 is 5.60. The topological polar surface area (TPSA) is 55.6 Å². The molecule has 0 aromatic rings. The number of amides is 1. The maximum atomic E-state index is 11.8. The fraction of sp³-hybridized carbons (Fsp3) is 0.909. The van der Waals surface area contributed by atoms with Crippen molar-refractivity contribution >= 4 is 5.91 Å². The number of ether oxygens (including phenoxy) is 1. The first kappa shape index (κ1) is 12.5. The summed E-state index contributed by atoms with van der Waals surface area (Å²) in [4.78, 5) is 13.7. The summed E-state index contributed by atoms with van der Waals surface area (Å²) >= 11 is 0. The van der Waals surface area contributed by atoms with Crippen molar-refractivity contribution in [2.45, 2.75) is 45.3 Å². The van der Waals surface area contributed by atoms with Crippen LogP contribution in [0, 0.1) is 0 Å². The summed E-state index contributed by atoms with van der Waals surface area (Å²) in [5, 5.41) is 0. The van der Waals surface area contributed by atoms with Gasteiger partial charge in [0.25, 0.3) is 0 Å². The highest BCUT2D eigenvalue weighted by Crippen LogP contribution is 2.12. The molecule has 0 saturated carbocycles.